The molecule has 3 aromatic rings. The number of rotatable bonds is 2. The summed E-state index contributed by atoms with van der Waals surface area (Å²) in [5.41, 5.74) is 5.00. The lowest BCUT2D eigenvalue weighted by Crippen LogP contribution is -2.47. The Morgan fingerprint density at radius 3 is 2.62 bits per heavy atom. The van der Waals surface area contributed by atoms with Crippen molar-refractivity contribution in [1.82, 2.24) is 0 Å². The summed E-state index contributed by atoms with van der Waals surface area (Å²) in [7, 11) is 0. The van der Waals surface area contributed by atoms with Crippen LogP contribution in [0, 0.1) is 18.7 Å². The fourth-order valence-corrected chi connectivity index (χ4v) is 3.48. The normalized spacial score (nSPS) is 12.6. The lowest BCUT2D eigenvalue weighted by Gasteiger charge is -2.35. The molecule has 0 saturated carbocycles. The van der Waals surface area contributed by atoms with Crippen LogP contribution in [-0.4, -0.2) is 6.98 Å². The highest BCUT2D eigenvalue weighted by molar-refractivity contribution is 6.75. The smallest absolute Gasteiger partial charge is 0.398 e. The van der Waals surface area contributed by atoms with Gasteiger partial charge in [0.25, 0.3) is 0 Å². The van der Waals surface area contributed by atoms with Crippen molar-refractivity contribution in [2.24, 2.45) is 0 Å². The van der Waals surface area contributed by atoms with Crippen LogP contribution in [0.3, 0.4) is 0 Å². The Morgan fingerprint density at radius 2 is 1.83 bits per heavy atom. The molecule has 3 heteroatoms. The van der Waals surface area contributed by atoms with E-state index in [9.17, 15) is 0 Å². The van der Waals surface area contributed by atoms with E-state index >= 15 is 0 Å². The van der Waals surface area contributed by atoms with Crippen molar-refractivity contribution in [2.45, 2.75) is 20.4 Å². The van der Waals surface area contributed by atoms with Gasteiger partial charge in [0.2, 0.25) is 0 Å². The van der Waals surface area contributed by atoms with Crippen molar-refractivity contribution in [3.05, 3.63) is 71.8 Å². The minimum atomic E-state index is -0.0176. The van der Waals surface area contributed by atoms with Crippen molar-refractivity contribution in [3.63, 3.8) is 0 Å². The van der Waals surface area contributed by atoms with E-state index < -0.39 is 0 Å². The second-order valence-electron chi connectivity index (χ2n) is 6.24. The maximum absolute atomic E-state index is 3.60. The first-order chi connectivity index (χ1) is 11.8. The fourth-order valence-electron chi connectivity index (χ4n) is 3.48. The zero-order valence-corrected chi connectivity index (χ0v) is 14.0. The Kier molecular flexibility index (Phi) is 3.67. The molecule has 0 unspecified atom stereocenters. The van der Waals surface area contributed by atoms with Crippen LogP contribution >= 0.6 is 0 Å². The highest BCUT2D eigenvalue weighted by Gasteiger charge is 2.30. The quantitative estimate of drug-likeness (QED) is 0.548. The molecule has 1 aliphatic heterocycles. The van der Waals surface area contributed by atoms with Gasteiger partial charge in [-0.1, -0.05) is 59.9 Å². The zero-order chi connectivity index (χ0) is 16.5. The first-order valence-corrected chi connectivity index (χ1v) is 8.29. The molecule has 4 rings (SSSR count). The molecule has 116 valence electrons. The molecule has 0 bridgehead atoms. The lowest BCUT2D eigenvalue weighted by atomic mass is 9.71. The van der Waals surface area contributed by atoms with Crippen molar-refractivity contribution >= 4 is 29.1 Å². The summed E-state index contributed by atoms with van der Waals surface area (Å²) in [6.45, 7) is 4.85. The number of benzene rings is 3. The number of aryl methyl sites for hydroxylation is 1. The molecule has 0 saturated heterocycles. The van der Waals surface area contributed by atoms with Crippen LogP contribution in [0.4, 0.5) is 11.4 Å². The highest BCUT2D eigenvalue weighted by atomic mass is 15.2. The van der Waals surface area contributed by atoms with Gasteiger partial charge in [-0.15, -0.1) is 5.92 Å². The van der Waals surface area contributed by atoms with Gasteiger partial charge >= 0.3 is 6.98 Å². The SMILES string of the molecule is CC#CB1Nc2cccc3cccc(c23)N1Cc1cccc(C)c1. The van der Waals surface area contributed by atoms with Crippen LogP contribution in [0.2, 0.25) is 0 Å². The minimum Gasteiger partial charge on any atom is -0.398 e. The van der Waals surface area contributed by atoms with Gasteiger partial charge < -0.3 is 10.0 Å². The Balaban J connectivity index is 1.85. The summed E-state index contributed by atoms with van der Waals surface area (Å²) >= 11 is 0. The van der Waals surface area contributed by atoms with Crippen LogP contribution in [-0.2, 0) is 6.54 Å². The minimum absolute atomic E-state index is 0.0176. The molecular weight excluding hydrogens is 291 g/mol. The molecule has 1 heterocycles. The van der Waals surface area contributed by atoms with E-state index in [0.29, 0.717) is 0 Å². The van der Waals surface area contributed by atoms with Gasteiger partial charge in [0.05, 0.1) is 0 Å². The van der Waals surface area contributed by atoms with Crippen molar-refractivity contribution in [2.75, 3.05) is 10.0 Å². The predicted octanol–water partition coefficient (Wildman–Crippen LogP) is 4.63. The van der Waals surface area contributed by atoms with E-state index in [-0.39, 0.29) is 6.98 Å². The Bertz CT molecular complexity index is 963. The summed E-state index contributed by atoms with van der Waals surface area (Å²) in [5.74, 6) is 6.39. The van der Waals surface area contributed by atoms with Crippen LogP contribution < -0.4 is 10.0 Å². The van der Waals surface area contributed by atoms with Gasteiger partial charge in [-0.25, -0.2) is 0 Å². The van der Waals surface area contributed by atoms with E-state index in [1.165, 1.54) is 27.6 Å². The predicted molar refractivity (Wildman–Crippen MR) is 104 cm³/mol. The summed E-state index contributed by atoms with van der Waals surface area (Å²) in [6, 6.07) is 21.6. The molecule has 1 N–H and O–H groups in total. The Hall–Kier alpha value is -2.86. The number of nitrogens with zero attached hydrogens (tertiary/aromatic N) is 1. The van der Waals surface area contributed by atoms with Gasteiger partial charge in [-0.05, 0) is 36.9 Å². The molecule has 0 amide bonds. The van der Waals surface area contributed by atoms with Crippen molar-refractivity contribution in [3.8, 4) is 11.7 Å². The average molecular weight is 310 g/mol. The summed E-state index contributed by atoms with van der Waals surface area (Å²) in [4.78, 5) is 2.36. The fraction of sp³-hybridized carbons (Fsp3) is 0.143. The van der Waals surface area contributed by atoms with Gasteiger partial charge in [-0.3, -0.25) is 0 Å². The zero-order valence-electron chi connectivity index (χ0n) is 14.0. The summed E-state index contributed by atoms with van der Waals surface area (Å²) in [6.07, 6.45) is 0. The third-order valence-electron chi connectivity index (χ3n) is 4.51. The first-order valence-electron chi connectivity index (χ1n) is 8.29. The summed E-state index contributed by atoms with van der Waals surface area (Å²) < 4.78 is 0. The topological polar surface area (TPSA) is 15.3 Å². The second kappa shape index (κ2) is 5.98. The lowest BCUT2D eigenvalue weighted by molar-refractivity contribution is 1.02. The molecule has 0 radical (unpaired) electrons. The third-order valence-corrected chi connectivity index (χ3v) is 4.51. The third kappa shape index (κ3) is 2.51. The maximum Gasteiger partial charge on any atom is 0.463 e. The molecule has 2 nitrogen and oxygen atoms in total. The number of hydrogen-bond donors (Lipinski definition) is 1. The van der Waals surface area contributed by atoms with Gasteiger partial charge in [0.1, 0.15) is 0 Å². The first kappa shape index (κ1) is 14.7. The van der Waals surface area contributed by atoms with Gasteiger partial charge in [-0.2, -0.15) is 0 Å². The highest BCUT2D eigenvalue weighted by Crippen LogP contribution is 2.37. The largest absolute Gasteiger partial charge is 0.463 e. The van der Waals surface area contributed by atoms with Crippen LogP contribution in [0.5, 0.6) is 0 Å². The van der Waals surface area contributed by atoms with Crippen molar-refractivity contribution in [1.29, 1.82) is 0 Å². The Labute approximate surface area is 143 Å². The number of nitrogens with one attached hydrogen (secondary N) is 1. The second-order valence-corrected chi connectivity index (χ2v) is 6.24. The van der Waals surface area contributed by atoms with E-state index in [1.54, 1.807) is 0 Å². The summed E-state index contributed by atoms with van der Waals surface area (Å²) in [5, 5.41) is 6.14. The van der Waals surface area contributed by atoms with E-state index in [4.69, 9.17) is 0 Å². The van der Waals surface area contributed by atoms with E-state index in [0.717, 1.165) is 12.2 Å². The molecule has 0 aliphatic carbocycles. The molecule has 0 aromatic heterocycles. The van der Waals surface area contributed by atoms with Gasteiger partial charge in [0.15, 0.2) is 0 Å². The average Bonchev–Trinajstić information content (AvgIpc) is 2.59. The molecule has 24 heavy (non-hydrogen) atoms. The van der Waals surface area contributed by atoms with Crippen LogP contribution in [0.1, 0.15) is 18.1 Å². The molecular formula is C21H19BN2. The molecule has 0 spiro atoms. The molecule has 1 aliphatic rings. The molecule has 0 fully saturated rings. The van der Waals surface area contributed by atoms with E-state index in [2.05, 4.69) is 89.4 Å². The molecule has 0 atom stereocenters. The number of anilines is 2. The van der Waals surface area contributed by atoms with Gasteiger partial charge in [0, 0.05) is 23.3 Å². The van der Waals surface area contributed by atoms with Crippen LogP contribution in [0.25, 0.3) is 10.8 Å². The molecule has 3 aromatic carbocycles. The monoisotopic (exact) mass is 310 g/mol. The maximum atomic E-state index is 3.60. The van der Waals surface area contributed by atoms with E-state index in [1.807, 2.05) is 6.92 Å². The van der Waals surface area contributed by atoms with Crippen molar-refractivity contribution < 1.29 is 0 Å². The number of hydrogen-bond acceptors (Lipinski definition) is 2. The standard InChI is InChI=1S/C21H19BN2/c1-3-13-22-23-19-11-5-9-18-10-6-12-20(21(18)19)24(22)15-17-8-4-7-16(2)14-17/h4-12,14,23H,15H2,1-2H3. The Morgan fingerprint density at radius 1 is 1.04 bits per heavy atom. The van der Waals surface area contributed by atoms with Crippen LogP contribution in [0.15, 0.2) is 60.7 Å².